The molecule has 2 rings (SSSR count). The van der Waals surface area contributed by atoms with Crippen molar-refractivity contribution in [3.05, 3.63) is 24.3 Å². The van der Waals surface area contributed by atoms with E-state index in [1.54, 1.807) is 7.11 Å². The molecule has 1 aliphatic rings. The van der Waals surface area contributed by atoms with Gasteiger partial charge in [0.15, 0.2) is 0 Å². The Morgan fingerprint density at radius 3 is 2.90 bits per heavy atom. The molecule has 1 aromatic carbocycles. The van der Waals surface area contributed by atoms with Crippen LogP contribution in [0.5, 0.6) is 5.75 Å². The number of hydrogen-bond acceptors (Lipinski definition) is 4. The van der Waals surface area contributed by atoms with E-state index >= 15 is 0 Å². The van der Waals surface area contributed by atoms with Gasteiger partial charge in [-0.3, -0.25) is 0 Å². The number of ether oxygens (including phenoxy) is 2. The van der Waals surface area contributed by atoms with Gasteiger partial charge in [0.2, 0.25) is 0 Å². The zero-order valence-electron chi connectivity index (χ0n) is 13.5. The first kappa shape index (κ1) is 16.1. The molecule has 0 unspecified atom stereocenters. The molecule has 0 saturated carbocycles. The molecule has 4 heteroatoms. The fourth-order valence-corrected chi connectivity index (χ4v) is 2.39. The van der Waals surface area contributed by atoms with Gasteiger partial charge in [0.25, 0.3) is 0 Å². The molecule has 1 heterocycles. The van der Waals surface area contributed by atoms with E-state index < -0.39 is 0 Å². The van der Waals surface area contributed by atoms with Crippen LogP contribution in [-0.4, -0.2) is 45.5 Å². The maximum atomic E-state index is 5.88. The van der Waals surface area contributed by atoms with Gasteiger partial charge in [-0.05, 0) is 38.9 Å². The summed E-state index contributed by atoms with van der Waals surface area (Å²) >= 11 is 0. The summed E-state index contributed by atoms with van der Waals surface area (Å²) in [5.74, 6) is 0.941. The molecular weight excluding hydrogens is 264 g/mol. The summed E-state index contributed by atoms with van der Waals surface area (Å²) in [5.41, 5.74) is 1.12. The lowest BCUT2D eigenvalue weighted by molar-refractivity contribution is 0.00546. The lowest BCUT2D eigenvalue weighted by Gasteiger charge is -2.24. The van der Waals surface area contributed by atoms with Crippen molar-refractivity contribution in [2.24, 2.45) is 0 Å². The first-order chi connectivity index (χ1) is 10.1. The van der Waals surface area contributed by atoms with Gasteiger partial charge < -0.3 is 19.7 Å². The zero-order valence-corrected chi connectivity index (χ0v) is 13.5. The molecule has 0 amide bonds. The van der Waals surface area contributed by atoms with E-state index in [2.05, 4.69) is 42.3 Å². The molecule has 1 fully saturated rings. The molecule has 1 aromatic rings. The summed E-state index contributed by atoms with van der Waals surface area (Å²) in [6.07, 6.45) is 2.06. The first-order valence-electron chi connectivity index (χ1n) is 7.84. The van der Waals surface area contributed by atoms with Gasteiger partial charge in [0.1, 0.15) is 5.75 Å². The van der Waals surface area contributed by atoms with Crippen LogP contribution in [0, 0.1) is 0 Å². The standard InChI is InChI=1S/C17H28N2O2/c1-17(2,20-3)8-13-21-16-7-4-6-15(14-16)19-11-5-9-18-10-12-19/h4,6-7,14,18H,5,8-13H2,1-3H3. The van der Waals surface area contributed by atoms with Gasteiger partial charge in [-0.2, -0.15) is 0 Å². The molecule has 118 valence electrons. The van der Waals surface area contributed by atoms with E-state index in [0.717, 1.165) is 38.3 Å². The second-order valence-electron chi connectivity index (χ2n) is 6.15. The minimum Gasteiger partial charge on any atom is -0.493 e. The van der Waals surface area contributed by atoms with E-state index in [1.807, 2.05) is 6.07 Å². The molecule has 0 radical (unpaired) electrons. The molecule has 1 aliphatic heterocycles. The summed E-state index contributed by atoms with van der Waals surface area (Å²) < 4.78 is 11.3. The number of nitrogens with zero attached hydrogens (tertiary/aromatic N) is 1. The van der Waals surface area contributed by atoms with Crippen molar-refractivity contribution in [3.63, 3.8) is 0 Å². The van der Waals surface area contributed by atoms with Gasteiger partial charge in [0, 0.05) is 44.9 Å². The number of rotatable bonds is 6. The van der Waals surface area contributed by atoms with Crippen LogP contribution in [0.2, 0.25) is 0 Å². The van der Waals surface area contributed by atoms with Crippen LogP contribution >= 0.6 is 0 Å². The normalized spacial score (nSPS) is 16.6. The highest BCUT2D eigenvalue weighted by Crippen LogP contribution is 2.22. The zero-order chi connectivity index (χ0) is 15.1. The minimum absolute atomic E-state index is 0.131. The summed E-state index contributed by atoms with van der Waals surface area (Å²) in [6.45, 7) is 9.15. The molecule has 0 aliphatic carbocycles. The largest absolute Gasteiger partial charge is 0.493 e. The van der Waals surface area contributed by atoms with Crippen LogP contribution in [0.25, 0.3) is 0 Å². The number of methoxy groups -OCH3 is 1. The highest BCUT2D eigenvalue weighted by atomic mass is 16.5. The lowest BCUT2D eigenvalue weighted by Crippen LogP contribution is -2.27. The van der Waals surface area contributed by atoms with Crippen molar-refractivity contribution < 1.29 is 9.47 Å². The summed E-state index contributed by atoms with van der Waals surface area (Å²) in [7, 11) is 1.74. The Hall–Kier alpha value is -1.26. The van der Waals surface area contributed by atoms with E-state index in [-0.39, 0.29) is 5.60 Å². The smallest absolute Gasteiger partial charge is 0.121 e. The van der Waals surface area contributed by atoms with Crippen molar-refractivity contribution in [1.29, 1.82) is 0 Å². The van der Waals surface area contributed by atoms with Gasteiger partial charge in [-0.1, -0.05) is 6.07 Å². The lowest BCUT2D eigenvalue weighted by atomic mass is 10.1. The Labute approximate surface area is 128 Å². The molecular formula is C17H28N2O2. The predicted molar refractivity (Wildman–Crippen MR) is 87.3 cm³/mol. The van der Waals surface area contributed by atoms with E-state index in [0.29, 0.717) is 6.61 Å². The van der Waals surface area contributed by atoms with Crippen LogP contribution < -0.4 is 15.0 Å². The van der Waals surface area contributed by atoms with Crippen molar-refractivity contribution >= 4 is 5.69 Å². The number of hydrogen-bond donors (Lipinski definition) is 1. The molecule has 4 nitrogen and oxygen atoms in total. The van der Waals surface area contributed by atoms with Crippen molar-refractivity contribution in [2.75, 3.05) is 44.8 Å². The van der Waals surface area contributed by atoms with Crippen molar-refractivity contribution in [3.8, 4) is 5.75 Å². The Morgan fingerprint density at radius 1 is 1.24 bits per heavy atom. The average molecular weight is 292 g/mol. The first-order valence-corrected chi connectivity index (χ1v) is 7.84. The van der Waals surface area contributed by atoms with Gasteiger partial charge in [0.05, 0.1) is 12.2 Å². The third-order valence-electron chi connectivity index (χ3n) is 4.05. The van der Waals surface area contributed by atoms with Crippen molar-refractivity contribution in [1.82, 2.24) is 5.32 Å². The van der Waals surface area contributed by atoms with E-state index in [1.165, 1.54) is 12.1 Å². The van der Waals surface area contributed by atoms with Crippen LogP contribution in [0.4, 0.5) is 5.69 Å². The SMILES string of the molecule is COC(C)(C)CCOc1cccc(N2CCCNCC2)c1. The fraction of sp³-hybridized carbons (Fsp3) is 0.647. The summed E-state index contributed by atoms with van der Waals surface area (Å²) in [6, 6.07) is 8.41. The third-order valence-corrected chi connectivity index (χ3v) is 4.05. The average Bonchev–Trinajstić information content (AvgIpc) is 2.76. The van der Waals surface area contributed by atoms with E-state index in [4.69, 9.17) is 9.47 Å². The number of benzene rings is 1. The van der Waals surface area contributed by atoms with Crippen LogP contribution in [0.3, 0.4) is 0 Å². The topological polar surface area (TPSA) is 33.7 Å². The van der Waals surface area contributed by atoms with Gasteiger partial charge >= 0.3 is 0 Å². The predicted octanol–water partition coefficient (Wildman–Crippen LogP) is 2.68. The molecule has 1 saturated heterocycles. The van der Waals surface area contributed by atoms with Crippen molar-refractivity contribution in [2.45, 2.75) is 32.3 Å². The highest BCUT2D eigenvalue weighted by molar-refractivity contribution is 5.50. The second kappa shape index (κ2) is 7.66. The third kappa shape index (κ3) is 5.21. The second-order valence-corrected chi connectivity index (χ2v) is 6.15. The van der Waals surface area contributed by atoms with Crippen LogP contribution in [0.15, 0.2) is 24.3 Å². The molecule has 0 spiro atoms. The maximum absolute atomic E-state index is 5.88. The minimum atomic E-state index is -0.131. The Kier molecular flexibility index (Phi) is 5.88. The number of anilines is 1. The molecule has 0 aromatic heterocycles. The Balaban J connectivity index is 1.91. The van der Waals surface area contributed by atoms with E-state index in [9.17, 15) is 0 Å². The van der Waals surface area contributed by atoms with Gasteiger partial charge in [-0.15, -0.1) is 0 Å². The molecule has 0 bridgehead atoms. The highest BCUT2D eigenvalue weighted by Gasteiger charge is 2.16. The molecule has 0 atom stereocenters. The fourth-order valence-electron chi connectivity index (χ4n) is 2.39. The maximum Gasteiger partial charge on any atom is 0.121 e. The summed E-state index contributed by atoms with van der Waals surface area (Å²) in [5, 5.41) is 3.43. The van der Waals surface area contributed by atoms with Gasteiger partial charge in [-0.25, -0.2) is 0 Å². The molecule has 1 N–H and O–H groups in total. The molecule has 21 heavy (non-hydrogen) atoms. The Morgan fingerprint density at radius 2 is 2.10 bits per heavy atom. The Bertz CT molecular complexity index is 427. The number of nitrogens with one attached hydrogen (secondary N) is 1. The monoisotopic (exact) mass is 292 g/mol. The van der Waals surface area contributed by atoms with Crippen LogP contribution in [0.1, 0.15) is 26.7 Å². The summed E-state index contributed by atoms with van der Waals surface area (Å²) in [4.78, 5) is 2.42. The quantitative estimate of drug-likeness (QED) is 0.874. The van der Waals surface area contributed by atoms with Crippen LogP contribution in [-0.2, 0) is 4.74 Å².